The third-order valence-electron chi connectivity index (χ3n) is 12.0. The highest BCUT2D eigenvalue weighted by molar-refractivity contribution is 6.30. The molecule has 6 aromatic rings. The molecule has 2 fully saturated rings. The van der Waals surface area contributed by atoms with Gasteiger partial charge in [0.1, 0.15) is 34.2 Å². The zero-order chi connectivity index (χ0) is 44.8. The van der Waals surface area contributed by atoms with Gasteiger partial charge in [0.25, 0.3) is 11.8 Å². The molecule has 0 atom stereocenters. The summed E-state index contributed by atoms with van der Waals surface area (Å²) in [4.78, 5) is 62.4. The van der Waals surface area contributed by atoms with Crippen LogP contribution in [0, 0.1) is 11.8 Å². The Morgan fingerprint density at radius 1 is 0.594 bits per heavy atom. The zero-order valence-corrected chi connectivity index (χ0v) is 40.1. The number of aromatic nitrogens is 2. The van der Waals surface area contributed by atoms with Crippen LogP contribution in [0.5, 0.6) is 0 Å². The number of carbonyl (C=O) groups excluding carboxylic acids is 4. The fourth-order valence-electron chi connectivity index (χ4n) is 8.32. The van der Waals surface area contributed by atoms with Crippen molar-refractivity contribution in [2.45, 2.75) is 63.5 Å². The maximum absolute atomic E-state index is 13.1. The highest BCUT2D eigenvalue weighted by Gasteiger charge is 2.34. The summed E-state index contributed by atoms with van der Waals surface area (Å²) in [7, 11) is 10.7. The van der Waals surface area contributed by atoms with Crippen molar-refractivity contribution in [1.82, 2.24) is 14.9 Å². The van der Waals surface area contributed by atoms with E-state index in [0.29, 0.717) is 67.1 Å². The van der Waals surface area contributed by atoms with Gasteiger partial charge in [-0.05, 0) is 101 Å². The summed E-state index contributed by atoms with van der Waals surface area (Å²) in [5.74, 6) is -0.510. The lowest BCUT2D eigenvalue weighted by molar-refractivity contribution is -0.897. The van der Waals surface area contributed by atoms with E-state index in [4.69, 9.17) is 32.0 Å². The third kappa shape index (κ3) is 11.8. The van der Waals surface area contributed by atoms with Crippen molar-refractivity contribution < 1.29 is 56.5 Å². The number of hydrogen-bond acceptors (Lipinski definition) is 9. The lowest BCUT2D eigenvalue weighted by Crippen LogP contribution is -3.00. The molecule has 2 aromatic carbocycles. The van der Waals surface area contributed by atoms with Crippen molar-refractivity contribution in [3.63, 3.8) is 0 Å². The molecule has 2 aliphatic rings. The maximum Gasteiger partial charge on any atom is 0.294 e. The lowest BCUT2D eigenvalue weighted by atomic mass is 9.84. The minimum absolute atomic E-state index is 0. The fraction of sp³-hybridized carbons (Fsp3) is 0.362. The number of quaternary nitrogens is 1. The van der Waals surface area contributed by atoms with Crippen LogP contribution in [0.3, 0.4) is 0 Å². The predicted molar refractivity (Wildman–Crippen MR) is 247 cm³/mol. The highest BCUT2D eigenvalue weighted by Crippen LogP contribution is 2.36. The Labute approximate surface area is 399 Å². The molecule has 0 radical (unpaired) electrons. The number of benzene rings is 2. The molecule has 0 bridgehead atoms. The smallest absolute Gasteiger partial charge is 0.294 e. The van der Waals surface area contributed by atoms with Crippen LogP contribution in [0.25, 0.3) is 21.9 Å². The maximum atomic E-state index is 13.1. The Morgan fingerprint density at radius 3 is 1.38 bits per heavy atom. The molecule has 0 aliphatic heterocycles. The first-order valence-electron chi connectivity index (χ1n) is 21.1. The molecule has 4 N–H and O–H groups in total. The molecule has 4 aromatic heterocycles. The van der Waals surface area contributed by atoms with Gasteiger partial charge in [-0.1, -0.05) is 47.5 Å². The van der Waals surface area contributed by atoms with E-state index in [1.54, 1.807) is 36.4 Å². The largest absolute Gasteiger partial charge is 1.00 e. The number of halogens is 3. The molecule has 2 aliphatic carbocycles. The molecule has 4 amide bonds. The van der Waals surface area contributed by atoms with Crippen LogP contribution in [-0.4, -0.2) is 90.3 Å². The van der Waals surface area contributed by atoms with Gasteiger partial charge >= 0.3 is 0 Å². The van der Waals surface area contributed by atoms with Gasteiger partial charge in [0.2, 0.25) is 23.3 Å². The van der Waals surface area contributed by atoms with Crippen molar-refractivity contribution in [2.24, 2.45) is 11.8 Å². The first kappa shape index (κ1) is 48.4. The first-order chi connectivity index (χ1) is 30.1. The molecule has 0 saturated heterocycles. The van der Waals surface area contributed by atoms with Gasteiger partial charge in [0.05, 0.1) is 37.2 Å². The number of para-hydroxylation sites is 2. The molecule has 4 heterocycles. The Kier molecular flexibility index (Phi) is 16.1. The quantitative estimate of drug-likeness (QED) is 0.0858. The summed E-state index contributed by atoms with van der Waals surface area (Å²) < 4.78 is 12.5. The Hall–Kier alpha value is -5.07. The second-order valence-electron chi connectivity index (χ2n) is 17.3. The van der Waals surface area contributed by atoms with Gasteiger partial charge in [-0.2, -0.15) is 0 Å². The molecule has 17 heteroatoms. The van der Waals surface area contributed by atoms with Gasteiger partial charge in [-0.25, -0.2) is 9.97 Å². The van der Waals surface area contributed by atoms with E-state index in [-0.39, 0.29) is 59.1 Å². The molecule has 14 nitrogen and oxygen atoms in total. The summed E-state index contributed by atoms with van der Waals surface area (Å²) in [6.07, 6.45) is 10.2. The Morgan fingerprint density at radius 2 is 1.00 bits per heavy atom. The van der Waals surface area contributed by atoms with Crippen molar-refractivity contribution in [3.8, 4) is 0 Å². The van der Waals surface area contributed by atoms with Crippen LogP contribution in [-0.2, 0) is 9.59 Å². The van der Waals surface area contributed by atoms with Gasteiger partial charge in [-0.15, -0.1) is 0 Å². The van der Waals surface area contributed by atoms with E-state index in [2.05, 4.69) is 71.4 Å². The number of carbonyl (C=O) groups is 4. The second-order valence-corrected chi connectivity index (χ2v) is 18.2. The topological polar surface area (TPSA) is 172 Å². The summed E-state index contributed by atoms with van der Waals surface area (Å²) in [6, 6.07) is 22.1. The van der Waals surface area contributed by atoms with Crippen LogP contribution in [0.2, 0.25) is 10.0 Å². The number of hydrogen-bond donors (Lipinski definition) is 4. The number of amides is 4. The van der Waals surface area contributed by atoms with Crippen molar-refractivity contribution in [1.29, 1.82) is 0 Å². The predicted octanol–water partition coefficient (Wildman–Crippen LogP) is 6.73. The summed E-state index contributed by atoms with van der Waals surface area (Å²) in [5.41, 5.74) is 1.85. The Bertz CT molecular complexity index is 2580. The number of nitrogens with one attached hydrogen (secondary N) is 4. The molecule has 0 unspecified atom stereocenters. The van der Waals surface area contributed by atoms with Crippen LogP contribution in [0.15, 0.2) is 94.0 Å². The lowest BCUT2D eigenvalue weighted by Gasteiger charge is -2.38. The number of fused-ring (bicyclic) bond motifs is 2. The van der Waals surface area contributed by atoms with Crippen molar-refractivity contribution >= 4 is 91.8 Å². The molecule has 0 spiro atoms. The standard InChI is InChI=1S/C24H27ClN4O3.C23H25ClN4O3.HI/c1-29(2,3)17-11-8-15(9-12-17)23(30)28-21-18-6-4-5-7-19(18)32-22(21)24(31)27-20-13-10-16(25)14-26-20;1-28(2)16-10-7-14(8-11-16)22(29)27-20-17-5-3-4-6-18(17)31-21(20)23(30)26-19-12-9-15(24)13-25-19;/h4-7,10,13-15,17H,8-9,11-12H2,1-3H3,(H-,26,27,28,30,31);3-6,9,12-14,16H,7-8,10-11H2,1-2H3,(H,27,29)(H,25,26,30);1H. The summed E-state index contributed by atoms with van der Waals surface area (Å²) >= 11 is 11.7. The SMILES string of the molecule is CN(C)C1CCC(C(=O)Nc2c(C(=O)Nc3ccc(Cl)cn3)oc3ccccc23)CC1.C[N+](C)(C)C1CCC(C(=O)Nc2c(C(=O)Nc3ccc(Cl)cn3)oc3ccccc23)CC1.[I-]. The molecule has 338 valence electrons. The van der Waals surface area contributed by atoms with Gasteiger partial charge in [-0.3, -0.25) is 19.2 Å². The number of rotatable bonds is 10. The van der Waals surface area contributed by atoms with Crippen LogP contribution in [0.1, 0.15) is 72.5 Å². The molecular formula is C47H53Cl2IN8O6. The van der Waals surface area contributed by atoms with Crippen LogP contribution in [0.4, 0.5) is 23.0 Å². The monoisotopic (exact) mass is 1020 g/mol. The summed E-state index contributed by atoms with van der Waals surface area (Å²) in [5, 5.41) is 13.7. The number of anilines is 4. The van der Waals surface area contributed by atoms with Crippen molar-refractivity contribution in [2.75, 3.05) is 56.5 Å². The zero-order valence-electron chi connectivity index (χ0n) is 36.4. The minimum atomic E-state index is -0.488. The number of furan rings is 2. The van der Waals surface area contributed by atoms with E-state index in [9.17, 15) is 19.2 Å². The second kappa shape index (κ2) is 21.3. The first-order valence-corrected chi connectivity index (χ1v) is 21.9. The van der Waals surface area contributed by atoms with E-state index in [1.165, 1.54) is 12.4 Å². The Balaban J connectivity index is 0.000000209. The molecule has 64 heavy (non-hydrogen) atoms. The molecule has 8 rings (SSSR count). The number of pyridine rings is 2. The highest BCUT2D eigenvalue weighted by atomic mass is 127. The van der Waals surface area contributed by atoms with Gasteiger partial charge < -0.3 is 63.5 Å². The number of nitrogens with zero attached hydrogens (tertiary/aromatic N) is 4. The van der Waals surface area contributed by atoms with Crippen LogP contribution < -0.4 is 45.2 Å². The normalized spacial score (nSPS) is 18.6. The van der Waals surface area contributed by atoms with E-state index in [0.717, 1.165) is 55.8 Å². The van der Waals surface area contributed by atoms with Crippen LogP contribution >= 0.6 is 23.2 Å². The molecular weight excluding hydrogens is 970 g/mol. The van der Waals surface area contributed by atoms with Gasteiger partial charge in [0, 0.05) is 53.9 Å². The molecule has 2 saturated carbocycles. The van der Waals surface area contributed by atoms with E-state index in [1.807, 2.05) is 36.4 Å². The average molecular weight is 1020 g/mol. The van der Waals surface area contributed by atoms with Crippen molar-refractivity contribution in [3.05, 3.63) is 107 Å². The van der Waals surface area contributed by atoms with Gasteiger partial charge in [0.15, 0.2) is 0 Å². The van der Waals surface area contributed by atoms with E-state index < -0.39 is 11.8 Å². The average Bonchev–Trinajstić information content (AvgIpc) is 3.83. The summed E-state index contributed by atoms with van der Waals surface area (Å²) in [6.45, 7) is 0. The minimum Gasteiger partial charge on any atom is -1.00 e. The third-order valence-corrected chi connectivity index (χ3v) is 12.4. The van der Waals surface area contributed by atoms with E-state index >= 15 is 0 Å². The fourth-order valence-corrected chi connectivity index (χ4v) is 8.55.